The van der Waals surface area contributed by atoms with Crippen LogP contribution in [0.4, 0.5) is 11.5 Å². The molecule has 22 heavy (non-hydrogen) atoms. The summed E-state index contributed by atoms with van der Waals surface area (Å²) in [6.07, 6.45) is 6.36. The lowest BCUT2D eigenvalue weighted by Crippen LogP contribution is -2.03. The van der Waals surface area contributed by atoms with Gasteiger partial charge in [0.2, 0.25) is 5.16 Å². The number of nitrogens with zero attached hydrogens (tertiary/aromatic N) is 3. The van der Waals surface area contributed by atoms with Gasteiger partial charge in [-0.15, -0.1) is 0 Å². The molecule has 1 aromatic carbocycles. The fraction of sp³-hybridized carbons (Fsp3) is 0.188. The van der Waals surface area contributed by atoms with E-state index in [0.29, 0.717) is 11.0 Å². The van der Waals surface area contributed by atoms with Crippen molar-refractivity contribution in [2.45, 2.75) is 19.0 Å². The highest BCUT2D eigenvalue weighted by molar-refractivity contribution is 7.84. The van der Waals surface area contributed by atoms with Crippen molar-refractivity contribution in [3.8, 4) is 6.07 Å². The second-order valence-electron chi connectivity index (χ2n) is 4.80. The lowest BCUT2D eigenvalue weighted by atomic mass is 10.0. The number of rotatable bonds is 4. The zero-order valence-corrected chi connectivity index (χ0v) is 13.4. The fourth-order valence-electron chi connectivity index (χ4n) is 2.10. The molecule has 0 saturated carbocycles. The van der Waals surface area contributed by atoms with Gasteiger partial charge in [0.25, 0.3) is 0 Å². The Morgan fingerprint density at radius 1 is 1.32 bits per heavy atom. The minimum absolute atomic E-state index is 0.300. The fourth-order valence-corrected chi connectivity index (χ4v) is 2.54. The van der Waals surface area contributed by atoms with Crippen LogP contribution in [0.5, 0.6) is 0 Å². The molecule has 1 N–H and O–H groups in total. The van der Waals surface area contributed by atoms with Gasteiger partial charge < -0.3 is 5.32 Å². The average molecular weight is 312 g/mol. The minimum atomic E-state index is -1.22. The Kier molecular flexibility index (Phi) is 5.02. The highest BCUT2D eigenvalue weighted by Crippen LogP contribution is 2.25. The van der Waals surface area contributed by atoms with Crippen LogP contribution in [0.3, 0.4) is 0 Å². The number of benzene rings is 1. The van der Waals surface area contributed by atoms with Crippen molar-refractivity contribution in [1.82, 2.24) is 9.97 Å². The molecule has 0 unspecified atom stereocenters. The lowest BCUT2D eigenvalue weighted by Gasteiger charge is -2.13. The van der Waals surface area contributed by atoms with Gasteiger partial charge in [0.05, 0.1) is 16.9 Å². The van der Waals surface area contributed by atoms with Crippen LogP contribution in [-0.2, 0) is 10.8 Å². The molecule has 112 valence electrons. The molecule has 0 fully saturated rings. The third kappa shape index (κ3) is 3.77. The van der Waals surface area contributed by atoms with Gasteiger partial charge in [-0.25, -0.2) is 9.97 Å². The van der Waals surface area contributed by atoms with Crippen LogP contribution in [-0.4, -0.2) is 20.4 Å². The van der Waals surface area contributed by atoms with Crippen LogP contribution >= 0.6 is 0 Å². The van der Waals surface area contributed by atoms with Gasteiger partial charge >= 0.3 is 0 Å². The largest absolute Gasteiger partial charge is 0.340 e. The predicted molar refractivity (Wildman–Crippen MR) is 88.2 cm³/mol. The van der Waals surface area contributed by atoms with Crippen molar-refractivity contribution in [1.29, 1.82) is 5.26 Å². The molecule has 0 aliphatic carbocycles. The number of nitrogens with one attached hydrogen (secondary N) is 1. The predicted octanol–water partition coefficient (Wildman–Crippen LogP) is 3.11. The maximum absolute atomic E-state index is 11.5. The van der Waals surface area contributed by atoms with E-state index in [-0.39, 0.29) is 0 Å². The summed E-state index contributed by atoms with van der Waals surface area (Å²) in [5, 5.41) is 12.1. The molecule has 0 saturated heterocycles. The first-order valence-electron chi connectivity index (χ1n) is 6.62. The number of aromatic nitrogens is 2. The van der Waals surface area contributed by atoms with E-state index in [9.17, 15) is 4.21 Å². The highest BCUT2D eigenvalue weighted by atomic mass is 32.2. The monoisotopic (exact) mass is 312 g/mol. The molecule has 6 heteroatoms. The molecule has 1 heterocycles. The van der Waals surface area contributed by atoms with Crippen molar-refractivity contribution in [2.75, 3.05) is 11.6 Å². The van der Waals surface area contributed by atoms with E-state index >= 15 is 0 Å². The third-order valence-electron chi connectivity index (χ3n) is 3.05. The van der Waals surface area contributed by atoms with E-state index in [1.165, 1.54) is 6.08 Å². The summed E-state index contributed by atoms with van der Waals surface area (Å²) in [5.41, 5.74) is 3.99. The Morgan fingerprint density at radius 3 is 2.59 bits per heavy atom. The van der Waals surface area contributed by atoms with Gasteiger partial charge in [-0.3, -0.25) is 4.21 Å². The van der Waals surface area contributed by atoms with Gasteiger partial charge in [0.1, 0.15) is 5.82 Å². The summed E-state index contributed by atoms with van der Waals surface area (Å²) < 4.78 is 11.5. The van der Waals surface area contributed by atoms with E-state index in [1.54, 1.807) is 24.6 Å². The SMILES string of the molecule is Cc1cc(/C=C/C#N)cc(C)c1Nc1ccnc([S@](C)=O)n1. The Bertz CT molecular complexity index is 770. The molecule has 1 aromatic heterocycles. The first-order valence-corrected chi connectivity index (χ1v) is 8.18. The van der Waals surface area contributed by atoms with Crippen LogP contribution < -0.4 is 5.32 Å². The number of hydrogen-bond donors (Lipinski definition) is 1. The number of nitriles is 1. The first-order chi connectivity index (χ1) is 10.5. The Hall–Kier alpha value is -2.52. The number of aryl methyl sites for hydroxylation is 2. The smallest absolute Gasteiger partial charge is 0.220 e. The first kappa shape index (κ1) is 15.9. The maximum atomic E-state index is 11.5. The summed E-state index contributed by atoms with van der Waals surface area (Å²) in [6, 6.07) is 7.70. The Balaban J connectivity index is 2.34. The lowest BCUT2D eigenvalue weighted by molar-refractivity contribution is 0.680. The van der Waals surface area contributed by atoms with Gasteiger partial charge in [0.15, 0.2) is 0 Å². The maximum Gasteiger partial charge on any atom is 0.220 e. The molecule has 1 atom stereocenters. The molecule has 0 bridgehead atoms. The van der Waals surface area contributed by atoms with Crippen molar-refractivity contribution in [2.24, 2.45) is 0 Å². The Labute approximate surface area is 132 Å². The zero-order chi connectivity index (χ0) is 16.1. The van der Waals surface area contributed by atoms with Crippen LogP contribution in [0.25, 0.3) is 6.08 Å². The van der Waals surface area contributed by atoms with Crippen molar-refractivity contribution in [3.05, 3.63) is 47.2 Å². The number of anilines is 2. The summed E-state index contributed by atoms with van der Waals surface area (Å²) in [6.45, 7) is 3.97. The van der Waals surface area contributed by atoms with Gasteiger partial charge in [-0.1, -0.05) is 0 Å². The van der Waals surface area contributed by atoms with E-state index in [4.69, 9.17) is 5.26 Å². The molecule has 2 aromatic rings. The highest BCUT2D eigenvalue weighted by Gasteiger charge is 2.07. The van der Waals surface area contributed by atoms with E-state index < -0.39 is 10.8 Å². The quantitative estimate of drug-likeness (QED) is 0.693. The van der Waals surface area contributed by atoms with Crippen LogP contribution in [0.1, 0.15) is 16.7 Å². The number of allylic oxidation sites excluding steroid dienone is 1. The number of hydrogen-bond acceptors (Lipinski definition) is 5. The summed E-state index contributed by atoms with van der Waals surface area (Å²) in [4.78, 5) is 8.22. The normalized spacial score (nSPS) is 12.1. The van der Waals surface area contributed by atoms with Crippen LogP contribution in [0, 0.1) is 25.2 Å². The van der Waals surface area contributed by atoms with E-state index in [0.717, 1.165) is 22.4 Å². The van der Waals surface area contributed by atoms with Crippen molar-refractivity contribution in [3.63, 3.8) is 0 Å². The van der Waals surface area contributed by atoms with Gasteiger partial charge in [0, 0.05) is 24.2 Å². The minimum Gasteiger partial charge on any atom is -0.340 e. The van der Waals surface area contributed by atoms with Crippen LogP contribution in [0.2, 0.25) is 0 Å². The second kappa shape index (κ2) is 6.96. The summed E-state index contributed by atoms with van der Waals surface area (Å²) in [5.74, 6) is 0.603. The zero-order valence-electron chi connectivity index (χ0n) is 12.6. The molecule has 2 rings (SSSR count). The van der Waals surface area contributed by atoms with Crippen LogP contribution in [0.15, 0.2) is 35.6 Å². The van der Waals surface area contributed by atoms with Gasteiger partial charge in [-0.2, -0.15) is 5.26 Å². The summed E-state index contributed by atoms with van der Waals surface area (Å²) in [7, 11) is -1.22. The molecule has 0 aliphatic heterocycles. The molecule has 0 spiro atoms. The van der Waals surface area contributed by atoms with E-state index in [2.05, 4.69) is 15.3 Å². The average Bonchev–Trinajstić information content (AvgIpc) is 2.49. The van der Waals surface area contributed by atoms with Gasteiger partial charge in [-0.05, 0) is 54.8 Å². The van der Waals surface area contributed by atoms with Crippen molar-refractivity contribution >= 4 is 28.4 Å². The molecule has 5 nitrogen and oxygen atoms in total. The summed E-state index contributed by atoms with van der Waals surface area (Å²) >= 11 is 0. The molecule has 0 amide bonds. The molecule has 0 radical (unpaired) electrons. The third-order valence-corrected chi connectivity index (χ3v) is 3.76. The second-order valence-corrected chi connectivity index (χ2v) is 6.07. The standard InChI is InChI=1S/C16H16N4OS/c1-11-9-13(5-4-7-17)10-12(2)15(11)19-14-6-8-18-16(20-14)22(3)21/h4-6,8-10H,1-3H3,(H,18,19,20)/b5-4+/t22-/m0/s1. The molecule has 0 aliphatic rings. The molecular weight excluding hydrogens is 296 g/mol. The Morgan fingerprint density at radius 2 is 2.00 bits per heavy atom. The molecular formula is C16H16N4OS. The van der Waals surface area contributed by atoms with E-state index in [1.807, 2.05) is 32.0 Å². The van der Waals surface area contributed by atoms with Crippen molar-refractivity contribution < 1.29 is 4.21 Å². The topological polar surface area (TPSA) is 78.7 Å².